The van der Waals surface area contributed by atoms with Crippen molar-refractivity contribution in [2.24, 2.45) is 0 Å². The van der Waals surface area contributed by atoms with E-state index in [0.29, 0.717) is 0 Å². The molecule has 0 spiro atoms. The Morgan fingerprint density at radius 2 is 1.74 bits per heavy atom. The van der Waals surface area contributed by atoms with Gasteiger partial charge in [-0.2, -0.15) is 0 Å². The highest BCUT2D eigenvalue weighted by Gasteiger charge is 2.09. The maximum Gasteiger partial charge on any atom is 0.0503 e. The number of benzene rings is 1. The third-order valence-electron chi connectivity index (χ3n) is 3.49. The molecule has 1 aromatic rings. The Balaban J connectivity index is 2.58. The highest BCUT2D eigenvalue weighted by molar-refractivity contribution is 14.1. The third kappa shape index (κ3) is 5.18. The minimum Gasteiger partial charge on any atom is -0.399 e. The van der Waals surface area contributed by atoms with Gasteiger partial charge < -0.3 is 15.5 Å². The van der Waals surface area contributed by atoms with Crippen molar-refractivity contribution in [2.45, 2.75) is 27.2 Å². The Kier molecular flexibility index (Phi) is 7.53. The maximum atomic E-state index is 5.82. The first-order valence-corrected chi connectivity index (χ1v) is 8.22. The lowest BCUT2D eigenvalue weighted by atomic mass is 10.2. The summed E-state index contributed by atoms with van der Waals surface area (Å²) in [5.74, 6) is 0. The largest absolute Gasteiger partial charge is 0.399 e. The zero-order valence-electron chi connectivity index (χ0n) is 12.3. The van der Waals surface area contributed by atoms with Gasteiger partial charge in [-0.05, 0) is 73.8 Å². The molecular weight excluding hydrogens is 349 g/mol. The zero-order chi connectivity index (χ0) is 14.3. The van der Waals surface area contributed by atoms with Crippen molar-refractivity contribution in [3.63, 3.8) is 0 Å². The van der Waals surface area contributed by atoms with Gasteiger partial charge in [0.15, 0.2) is 0 Å². The summed E-state index contributed by atoms with van der Waals surface area (Å²) in [7, 11) is 0. The zero-order valence-corrected chi connectivity index (χ0v) is 14.5. The van der Waals surface area contributed by atoms with Crippen LogP contribution in [-0.2, 0) is 0 Å². The summed E-state index contributed by atoms with van der Waals surface area (Å²) in [5, 5.41) is 0. The molecule has 1 aromatic carbocycles. The molecule has 0 atom stereocenters. The first kappa shape index (κ1) is 16.6. The number of nitrogens with two attached hydrogens (primary N) is 1. The highest BCUT2D eigenvalue weighted by atomic mass is 127. The number of anilines is 2. The number of hydrogen-bond donors (Lipinski definition) is 1. The molecule has 0 amide bonds. The quantitative estimate of drug-likeness (QED) is 0.558. The fourth-order valence-electron chi connectivity index (χ4n) is 2.25. The van der Waals surface area contributed by atoms with E-state index >= 15 is 0 Å². The van der Waals surface area contributed by atoms with Gasteiger partial charge in [-0.25, -0.2) is 0 Å². The molecule has 0 fully saturated rings. The minimum absolute atomic E-state index is 0.840. The van der Waals surface area contributed by atoms with Crippen LogP contribution >= 0.6 is 22.6 Å². The average Bonchev–Trinajstić information content (AvgIpc) is 2.40. The molecule has 0 aromatic heterocycles. The summed E-state index contributed by atoms with van der Waals surface area (Å²) < 4.78 is 1.24. The number of rotatable bonds is 8. The van der Waals surface area contributed by atoms with Crippen molar-refractivity contribution < 1.29 is 0 Å². The van der Waals surface area contributed by atoms with Crippen LogP contribution in [0.25, 0.3) is 0 Å². The Morgan fingerprint density at radius 3 is 2.26 bits per heavy atom. The summed E-state index contributed by atoms with van der Waals surface area (Å²) in [5.41, 5.74) is 7.96. The number of hydrogen-bond acceptors (Lipinski definition) is 3. The summed E-state index contributed by atoms with van der Waals surface area (Å²) >= 11 is 2.37. The molecule has 0 radical (unpaired) electrons. The van der Waals surface area contributed by atoms with Crippen LogP contribution in [0.3, 0.4) is 0 Å². The first-order valence-electron chi connectivity index (χ1n) is 7.14. The molecule has 1 rings (SSSR count). The van der Waals surface area contributed by atoms with Gasteiger partial charge in [0.2, 0.25) is 0 Å². The molecule has 0 bridgehead atoms. The summed E-state index contributed by atoms with van der Waals surface area (Å²) in [6, 6.07) is 6.17. The van der Waals surface area contributed by atoms with E-state index < -0.39 is 0 Å². The fraction of sp³-hybridized carbons (Fsp3) is 0.600. The molecular formula is C15H26IN3. The standard InChI is InChI=1S/C15H26IN3/c1-4-18(5-2)10-7-11-19(6-3)15-9-8-13(17)12-14(15)16/h8-9,12H,4-7,10-11,17H2,1-3H3. The Hall–Kier alpha value is -0.490. The van der Waals surface area contributed by atoms with Gasteiger partial charge in [0.1, 0.15) is 0 Å². The molecule has 0 aliphatic heterocycles. The lowest BCUT2D eigenvalue weighted by Gasteiger charge is -2.26. The van der Waals surface area contributed by atoms with Crippen LogP contribution < -0.4 is 10.6 Å². The SMILES string of the molecule is CCN(CC)CCCN(CC)c1ccc(N)cc1I. The second-order valence-electron chi connectivity index (χ2n) is 4.67. The maximum absolute atomic E-state index is 5.82. The minimum atomic E-state index is 0.840. The Bertz CT molecular complexity index is 378. The topological polar surface area (TPSA) is 32.5 Å². The van der Waals surface area contributed by atoms with Crippen molar-refractivity contribution >= 4 is 34.0 Å². The van der Waals surface area contributed by atoms with Gasteiger partial charge in [0, 0.05) is 22.3 Å². The summed E-state index contributed by atoms with van der Waals surface area (Å²) in [4.78, 5) is 4.91. The lowest BCUT2D eigenvalue weighted by Crippen LogP contribution is -2.30. The van der Waals surface area contributed by atoms with Crippen molar-refractivity contribution in [3.05, 3.63) is 21.8 Å². The van der Waals surface area contributed by atoms with Crippen LogP contribution in [0.5, 0.6) is 0 Å². The van der Waals surface area contributed by atoms with Crippen molar-refractivity contribution in [1.29, 1.82) is 0 Å². The Morgan fingerprint density at radius 1 is 1.05 bits per heavy atom. The predicted molar refractivity (Wildman–Crippen MR) is 93.9 cm³/mol. The van der Waals surface area contributed by atoms with Crippen molar-refractivity contribution in [3.8, 4) is 0 Å². The van der Waals surface area contributed by atoms with Gasteiger partial charge >= 0.3 is 0 Å². The van der Waals surface area contributed by atoms with E-state index in [1.807, 2.05) is 12.1 Å². The van der Waals surface area contributed by atoms with Crippen LogP contribution in [0.4, 0.5) is 11.4 Å². The molecule has 0 heterocycles. The second kappa shape index (κ2) is 8.64. The lowest BCUT2D eigenvalue weighted by molar-refractivity contribution is 0.301. The van der Waals surface area contributed by atoms with E-state index in [1.165, 1.54) is 22.2 Å². The van der Waals surface area contributed by atoms with Crippen LogP contribution in [0.15, 0.2) is 18.2 Å². The Labute approximate surface area is 131 Å². The van der Waals surface area contributed by atoms with E-state index in [0.717, 1.165) is 31.9 Å². The average molecular weight is 375 g/mol. The molecule has 0 aliphatic rings. The molecule has 4 heteroatoms. The third-order valence-corrected chi connectivity index (χ3v) is 4.35. The summed E-state index contributed by atoms with van der Waals surface area (Å²) in [6.45, 7) is 12.3. The van der Waals surface area contributed by atoms with E-state index in [9.17, 15) is 0 Å². The first-order chi connectivity index (χ1) is 9.12. The second-order valence-corrected chi connectivity index (χ2v) is 5.83. The van der Waals surface area contributed by atoms with Gasteiger partial charge in [0.25, 0.3) is 0 Å². The van der Waals surface area contributed by atoms with Gasteiger partial charge in [-0.3, -0.25) is 0 Å². The molecule has 0 unspecified atom stereocenters. The monoisotopic (exact) mass is 375 g/mol. The van der Waals surface area contributed by atoms with Gasteiger partial charge in [-0.1, -0.05) is 13.8 Å². The van der Waals surface area contributed by atoms with Gasteiger partial charge in [-0.15, -0.1) is 0 Å². The van der Waals surface area contributed by atoms with E-state index in [1.54, 1.807) is 0 Å². The number of nitrogen functional groups attached to an aromatic ring is 1. The van der Waals surface area contributed by atoms with Crippen LogP contribution in [0.1, 0.15) is 27.2 Å². The fourth-order valence-corrected chi connectivity index (χ4v) is 3.13. The van der Waals surface area contributed by atoms with E-state index in [2.05, 4.69) is 59.2 Å². The van der Waals surface area contributed by atoms with Gasteiger partial charge in [0.05, 0.1) is 5.69 Å². The molecule has 0 saturated carbocycles. The highest BCUT2D eigenvalue weighted by Crippen LogP contribution is 2.24. The molecule has 108 valence electrons. The van der Waals surface area contributed by atoms with Crippen LogP contribution in [0.2, 0.25) is 0 Å². The van der Waals surface area contributed by atoms with Crippen LogP contribution in [0, 0.1) is 3.57 Å². The van der Waals surface area contributed by atoms with E-state index in [-0.39, 0.29) is 0 Å². The molecule has 2 N–H and O–H groups in total. The number of nitrogens with zero attached hydrogens (tertiary/aromatic N) is 2. The predicted octanol–water partition coefficient (Wildman–Crippen LogP) is 3.43. The smallest absolute Gasteiger partial charge is 0.0503 e. The normalized spacial score (nSPS) is 11.0. The van der Waals surface area contributed by atoms with E-state index in [4.69, 9.17) is 5.73 Å². The van der Waals surface area contributed by atoms with Crippen molar-refractivity contribution in [1.82, 2.24) is 4.90 Å². The number of halogens is 1. The summed E-state index contributed by atoms with van der Waals surface area (Å²) in [6.07, 6.45) is 1.20. The molecule has 0 aliphatic carbocycles. The molecule has 19 heavy (non-hydrogen) atoms. The molecule has 0 saturated heterocycles. The molecule has 3 nitrogen and oxygen atoms in total. The van der Waals surface area contributed by atoms with Crippen LogP contribution in [-0.4, -0.2) is 37.6 Å². The van der Waals surface area contributed by atoms with Crippen molar-refractivity contribution in [2.75, 3.05) is 43.4 Å².